The molecule has 0 aliphatic carbocycles. The molecule has 1 fully saturated rings. The van der Waals surface area contributed by atoms with E-state index in [0.29, 0.717) is 35.5 Å². The topological polar surface area (TPSA) is 77.1 Å². The summed E-state index contributed by atoms with van der Waals surface area (Å²) in [5.41, 5.74) is 3.21. The molecule has 6 heteroatoms. The van der Waals surface area contributed by atoms with Crippen LogP contribution in [0, 0.1) is 0 Å². The minimum atomic E-state index is -0.158. The van der Waals surface area contributed by atoms with E-state index in [-0.39, 0.29) is 5.78 Å². The number of carbonyl (C=O) groups excluding carboxylic acids is 1. The van der Waals surface area contributed by atoms with Crippen LogP contribution in [0.25, 0.3) is 11.0 Å². The van der Waals surface area contributed by atoms with Gasteiger partial charge in [-0.3, -0.25) is 4.79 Å². The van der Waals surface area contributed by atoms with E-state index in [1.165, 1.54) is 0 Å². The zero-order valence-corrected chi connectivity index (χ0v) is 15.7. The van der Waals surface area contributed by atoms with Crippen LogP contribution < -0.4 is 4.74 Å². The Morgan fingerprint density at radius 1 is 1.07 bits per heavy atom. The SMILES string of the molecule is O=C(c1ccc(Oc2ncccc2[C@H]2CCOC2)cc1)c1nc2ccccc2[nH]1. The lowest BCUT2D eigenvalue weighted by Crippen LogP contribution is -2.04. The maximum absolute atomic E-state index is 12.8. The Bertz CT molecular complexity index is 1130. The van der Waals surface area contributed by atoms with Crippen molar-refractivity contribution in [3.05, 3.63) is 83.8 Å². The third-order valence-corrected chi connectivity index (χ3v) is 5.11. The van der Waals surface area contributed by atoms with Gasteiger partial charge >= 0.3 is 0 Å². The van der Waals surface area contributed by atoms with Crippen molar-refractivity contribution in [1.29, 1.82) is 0 Å². The monoisotopic (exact) mass is 385 g/mol. The van der Waals surface area contributed by atoms with Crippen LogP contribution in [-0.4, -0.2) is 33.9 Å². The molecule has 6 nitrogen and oxygen atoms in total. The highest BCUT2D eigenvalue weighted by molar-refractivity contribution is 6.08. The number of benzene rings is 2. The Balaban J connectivity index is 1.36. The minimum absolute atomic E-state index is 0.158. The first-order chi connectivity index (χ1) is 14.3. The number of nitrogens with zero attached hydrogens (tertiary/aromatic N) is 2. The standard InChI is InChI=1S/C23H19N3O3/c27-21(22-25-19-5-1-2-6-20(19)26-22)15-7-9-17(10-8-15)29-23-18(4-3-12-24-23)16-11-13-28-14-16/h1-10,12,16H,11,13-14H2,(H,25,26)/t16-/m0/s1. The number of fused-ring (bicyclic) bond motifs is 1. The predicted octanol–water partition coefficient (Wildman–Crippen LogP) is 4.49. The number of nitrogens with one attached hydrogen (secondary N) is 1. The van der Waals surface area contributed by atoms with Gasteiger partial charge in [-0.05, 0) is 48.9 Å². The van der Waals surface area contributed by atoms with Crippen molar-refractivity contribution in [2.45, 2.75) is 12.3 Å². The number of aromatic amines is 1. The molecule has 2 aromatic heterocycles. The number of pyridine rings is 1. The number of para-hydroxylation sites is 2. The molecule has 0 amide bonds. The summed E-state index contributed by atoms with van der Waals surface area (Å²) in [5.74, 6) is 1.68. The van der Waals surface area contributed by atoms with Crippen molar-refractivity contribution in [2.75, 3.05) is 13.2 Å². The van der Waals surface area contributed by atoms with E-state index in [9.17, 15) is 4.79 Å². The van der Waals surface area contributed by atoms with E-state index in [1.807, 2.05) is 36.4 Å². The van der Waals surface area contributed by atoms with Crippen LogP contribution in [0.3, 0.4) is 0 Å². The van der Waals surface area contributed by atoms with Crippen LogP contribution >= 0.6 is 0 Å². The lowest BCUT2D eigenvalue weighted by Gasteiger charge is -2.13. The molecule has 1 saturated heterocycles. The molecule has 0 unspecified atom stereocenters. The lowest BCUT2D eigenvalue weighted by atomic mass is 10.00. The summed E-state index contributed by atoms with van der Waals surface area (Å²) in [4.78, 5) is 24.6. The Kier molecular flexibility index (Phi) is 4.54. The van der Waals surface area contributed by atoms with Gasteiger partial charge in [0.05, 0.1) is 17.6 Å². The molecule has 3 heterocycles. The van der Waals surface area contributed by atoms with Gasteiger partial charge in [-0.15, -0.1) is 0 Å². The zero-order chi connectivity index (χ0) is 19.6. The molecular weight excluding hydrogens is 366 g/mol. The van der Waals surface area contributed by atoms with Crippen LogP contribution in [0.4, 0.5) is 0 Å². The summed E-state index contributed by atoms with van der Waals surface area (Å²) >= 11 is 0. The van der Waals surface area contributed by atoms with E-state index < -0.39 is 0 Å². The van der Waals surface area contributed by atoms with Gasteiger partial charge in [0.1, 0.15) is 5.75 Å². The summed E-state index contributed by atoms with van der Waals surface area (Å²) in [6.45, 7) is 1.45. The first kappa shape index (κ1) is 17.6. The average Bonchev–Trinajstić information content (AvgIpc) is 3.44. The summed E-state index contributed by atoms with van der Waals surface area (Å²) < 4.78 is 11.5. The summed E-state index contributed by atoms with van der Waals surface area (Å²) in [6, 6.07) is 18.6. The highest BCUT2D eigenvalue weighted by Crippen LogP contribution is 2.33. The normalized spacial score (nSPS) is 16.2. The first-order valence-electron chi connectivity index (χ1n) is 9.58. The molecule has 1 N–H and O–H groups in total. The van der Waals surface area contributed by atoms with E-state index in [0.717, 1.165) is 29.6 Å². The second-order valence-corrected chi connectivity index (χ2v) is 7.02. The second-order valence-electron chi connectivity index (χ2n) is 7.02. The Hall–Kier alpha value is -3.51. The van der Waals surface area contributed by atoms with E-state index >= 15 is 0 Å². The maximum atomic E-state index is 12.8. The molecule has 29 heavy (non-hydrogen) atoms. The van der Waals surface area contributed by atoms with Crippen LogP contribution in [0.5, 0.6) is 11.6 Å². The van der Waals surface area contributed by atoms with Crippen LogP contribution in [0.2, 0.25) is 0 Å². The van der Waals surface area contributed by atoms with Gasteiger partial charge in [0.2, 0.25) is 11.7 Å². The number of carbonyl (C=O) groups is 1. The highest BCUT2D eigenvalue weighted by Gasteiger charge is 2.22. The quantitative estimate of drug-likeness (QED) is 0.512. The van der Waals surface area contributed by atoms with Crippen LogP contribution in [0.15, 0.2) is 66.9 Å². The number of aromatic nitrogens is 3. The highest BCUT2D eigenvalue weighted by atomic mass is 16.5. The molecule has 0 saturated carbocycles. The van der Waals surface area contributed by atoms with Gasteiger partial charge < -0.3 is 14.5 Å². The smallest absolute Gasteiger partial charge is 0.228 e. The van der Waals surface area contributed by atoms with Crippen LogP contribution in [0.1, 0.15) is 34.1 Å². The predicted molar refractivity (Wildman–Crippen MR) is 108 cm³/mol. The number of rotatable bonds is 5. The Labute approximate surface area is 167 Å². The number of hydrogen-bond donors (Lipinski definition) is 1. The molecule has 5 rings (SSSR count). The Morgan fingerprint density at radius 3 is 2.72 bits per heavy atom. The van der Waals surface area contributed by atoms with Gasteiger partial charge in [-0.2, -0.15) is 0 Å². The van der Waals surface area contributed by atoms with Crippen molar-refractivity contribution in [1.82, 2.24) is 15.0 Å². The largest absolute Gasteiger partial charge is 0.439 e. The van der Waals surface area contributed by atoms with Gasteiger partial charge in [-0.25, -0.2) is 9.97 Å². The summed E-state index contributed by atoms with van der Waals surface area (Å²) in [6.07, 6.45) is 2.68. The summed E-state index contributed by atoms with van der Waals surface area (Å²) in [7, 11) is 0. The van der Waals surface area contributed by atoms with Gasteiger partial charge in [0, 0.05) is 29.8 Å². The minimum Gasteiger partial charge on any atom is -0.439 e. The van der Waals surface area contributed by atoms with Gasteiger partial charge in [0.25, 0.3) is 0 Å². The van der Waals surface area contributed by atoms with E-state index in [2.05, 4.69) is 15.0 Å². The van der Waals surface area contributed by atoms with E-state index in [4.69, 9.17) is 9.47 Å². The first-order valence-corrected chi connectivity index (χ1v) is 9.58. The molecule has 1 aliphatic rings. The molecule has 1 aliphatic heterocycles. The molecule has 2 aromatic carbocycles. The van der Waals surface area contributed by atoms with Crippen molar-refractivity contribution in [2.24, 2.45) is 0 Å². The number of ether oxygens (including phenoxy) is 2. The van der Waals surface area contributed by atoms with Crippen molar-refractivity contribution in [3.8, 4) is 11.6 Å². The molecule has 0 spiro atoms. The maximum Gasteiger partial charge on any atom is 0.228 e. The number of ketones is 1. The number of H-pyrrole nitrogens is 1. The number of hydrogen-bond acceptors (Lipinski definition) is 5. The lowest BCUT2D eigenvalue weighted by molar-refractivity contribution is 0.103. The number of imidazole rings is 1. The van der Waals surface area contributed by atoms with Gasteiger partial charge in [0.15, 0.2) is 5.82 Å². The third-order valence-electron chi connectivity index (χ3n) is 5.11. The molecule has 4 aromatic rings. The molecular formula is C23H19N3O3. The fraction of sp³-hybridized carbons (Fsp3) is 0.174. The third kappa shape index (κ3) is 3.50. The second kappa shape index (κ2) is 7.48. The van der Waals surface area contributed by atoms with Crippen molar-refractivity contribution >= 4 is 16.8 Å². The molecule has 0 radical (unpaired) electrons. The van der Waals surface area contributed by atoms with Crippen LogP contribution in [-0.2, 0) is 4.74 Å². The molecule has 1 atom stereocenters. The zero-order valence-electron chi connectivity index (χ0n) is 15.7. The van der Waals surface area contributed by atoms with E-state index in [1.54, 1.807) is 30.5 Å². The Morgan fingerprint density at radius 2 is 1.93 bits per heavy atom. The molecule has 0 bridgehead atoms. The van der Waals surface area contributed by atoms with Crippen molar-refractivity contribution in [3.63, 3.8) is 0 Å². The van der Waals surface area contributed by atoms with Gasteiger partial charge in [-0.1, -0.05) is 18.2 Å². The van der Waals surface area contributed by atoms with Crippen molar-refractivity contribution < 1.29 is 14.3 Å². The average molecular weight is 385 g/mol. The summed E-state index contributed by atoms with van der Waals surface area (Å²) in [5, 5.41) is 0. The molecule has 144 valence electrons. The fourth-order valence-electron chi connectivity index (χ4n) is 3.56. The fourth-order valence-corrected chi connectivity index (χ4v) is 3.56.